The molecule has 12 heteroatoms. The smallest absolute Gasteiger partial charge is 0.171 e. The zero-order valence-corrected chi connectivity index (χ0v) is 32.1. The van der Waals surface area contributed by atoms with Crippen molar-refractivity contribution in [1.82, 2.24) is 10.3 Å². The van der Waals surface area contributed by atoms with E-state index in [0.29, 0.717) is 34.1 Å². The van der Waals surface area contributed by atoms with E-state index in [9.17, 15) is 15.0 Å². The summed E-state index contributed by atoms with van der Waals surface area (Å²) in [7, 11) is 0. The van der Waals surface area contributed by atoms with E-state index in [4.69, 9.17) is 35.4 Å². The lowest BCUT2D eigenvalue weighted by Gasteiger charge is -2.17. The fourth-order valence-electron chi connectivity index (χ4n) is 5.79. The van der Waals surface area contributed by atoms with Crippen LogP contribution < -0.4 is 16.0 Å². The number of phenols is 2. The number of para-hydroxylation sites is 1. The highest BCUT2D eigenvalue weighted by Crippen LogP contribution is 2.39. The first kappa shape index (κ1) is 37.4. The highest BCUT2D eigenvalue weighted by atomic mass is 35.5. The molecule has 1 saturated carbocycles. The molecule has 1 aliphatic rings. The number of aromatic hydroxyl groups is 2. The number of halogens is 2. The van der Waals surface area contributed by atoms with Gasteiger partial charge in [0.1, 0.15) is 10.8 Å². The Kier molecular flexibility index (Phi) is 12.6. The number of rotatable bonds is 9. The first-order valence-electron chi connectivity index (χ1n) is 16.7. The zero-order valence-electron chi connectivity index (χ0n) is 28.2. The number of thiazole rings is 1. The van der Waals surface area contributed by atoms with Gasteiger partial charge in [-0.3, -0.25) is 4.79 Å². The highest BCUT2D eigenvalue weighted by molar-refractivity contribution is 7.99. The maximum atomic E-state index is 11.7. The number of nitrogens with zero attached hydrogens (tertiary/aromatic N) is 1. The van der Waals surface area contributed by atoms with Crippen LogP contribution >= 0.6 is 58.5 Å². The average molecular weight is 788 g/mol. The van der Waals surface area contributed by atoms with E-state index in [1.165, 1.54) is 25.8 Å². The summed E-state index contributed by atoms with van der Waals surface area (Å²) in [6, 6.07) is 33.3. The highest BCUT2D eigenvalue weighted by Gasteiger charge is 2.18. The lowest BCUT2D eigenvalue weighted by atomic mass is 10.1. The molecule has 0 amide bonds. The third-order valence-corrected chi connectivity index (χ3v) is 11.3. The Morgan fingerprint density at radius 1 is 0.904 bits per heavy atom. The number of fused-ring (bicyclic) bond motifs is 1. The molecule has 0 spiro atoms. The number of hydrogen-bond donors (Lipinski definition) is 5. The van der Waals surface area contributed by atoms with Crippen LogP contribution in [0.2, 0.25) is 10.0 Å². The van der Waals surface area contributed by atoms with Crippen LogP contribution in [-0.2, 0) is 6.54 Å². The van der Waals surface area contributed by atoms with Crippen molar-refractivity contribution in [1.29, 1.82) is 0 Å². The van der Waals surface area contributed by atoms with Gasteiger partial charge in [0, 0.05) is 33.0 Å². The summed E-state index contributed by atoms with van der Waals surface area (Å²) in [6.07, 6.45) is 4.70. The van der Waals surface area contributed by atoms with Crippen molar-refractivity contribution in [3.8, 4) is 22.1 Å². The van der Waals surface area contributed by atoms with Crippen molar-refractivity contribution >= 4 is 91.0 Å². The lowest BCUT2D eigenvalue weighted by molar-refractivity contribution is 0.101. The normalized spacial score (nSPS) is 12.6. The fraction of sp³-hybridized carbons (Fsp3) is 0.175. The minimum Gasteiger partial charge on any atom is -0.505 e. The Morgan fingerprint density at radius 2 is 1.62 bits per heavy atom. The van der Waals surface area contributed by atoms with Crippen LogP contribution in [0.15, 0.2) is 113 Å². The predicted octanol–water partition coefficient (Wildman–Crippen LogP) is 11.6. The van der Waals surface area contributed by atoms with Gasteiger partial charge in [-0.05, 0) is 92.1 Å². The number of Topliss-reactive ketones (excluding diaryl/α,β-unsaturated/α-hetero) is 1. The molecule has 1 fully saturated rings. The number of anilines is 2. The number of hydrogen-bond acceptors (Lipinski definition) is 8. The van der Waals surface area contributed by atoms with E-state index < -0.39 is 0 Å². The Hall–Kier alpha value is -4.32. The van der Waals surface area contributed by atoms with Crippen LogP contribution in [0, 0.1) is 0 Å². The monoisotopic (exact) mass is 786 g/mol. The standard InChI is InChI=1S/C21H18ClNO2S.C19H18ClN3OS2/c1-14(24)18-11-16(22)12-19(21(18)25)23-13-15-7-5-6-10-20(15)26-17-8-3-2-4-9-17;20-13-9-11(18-22-14-7-3-4-8-16(14)26-18)10-15(17(13)24)23-19(25)21-12-5-1-2-6-12/h2-12,23,25H,13H2,1H3;3-4,7-10,12,24H,1-2,5-6H2,(H2,21,23,25). The molecule has 5 aromatic carbocycles. The zero-order chi connectivity index (χ0) is 36.6. The molecular formula is C40H36Cl2N4O3S3. The molecule has 5 N–H and O–H groups in total. The number of aromatic nitrogens is 1. The van der Waals surface area contributed by atoms with Gasteiger partial charge in [0.05, 0.1) is 32.2 Å². The molecule has 7 rings (SSSR count). The van der Waals surface area contributed by atoms with Gasteiger partial charge in [-0.1, -0.05) is 96.3 Å². The third kappa shape index (κ3) is 9.56. The maximum Gasteiger partial charge on any atom is 0.171 e. The fourth-order valence-corrected chi connectivity index (χ4v) is 8.42. The number of nitrogens with one attached hydrogen (secondary N) is 3. The van der Waals surface area contributed by atoms with Gasteiger partial charge < -0.3 is 26.2 Å². The summed E-state index contributed by atoms with van der Waals surface area (Å²) in [4.78, 5) is 18.6. The first-order chi connectivity index (χ1) is 25.1. The summed E-state index contributed by atoms with van der Waals surface area (Å²) in [5, 5.41) is 32.3. The van der Waals surface area contributed by atoms with Crippen LogP contribution in [0.3, 0.4) is 0 Å². The van der Waals surface area contributed by atoms with E-state index in [0.717, 1.165) is 49.0 Å². The molecule has 6 aromatic rings. The van der Waals surface area contributed by atoms with Crippen LogP contribution in [0.25, 0.3) is 20.8 Å². The largest absolute Gasteiger partial charge is 0.505 e. The number of carbonyl (C=O) groups excluding carboxylic acids is 1. The van der Waals surface area contributed by atoms with Gasteiger partial charge in [0.15, 0.2) is 16.6 Å². The SMILES string of the molecule is CC(=O)c1cc(Cl)cc(NCc2ccccc2Sc2ccccc2)c1O.Oc1c(Cl)cc(-c2nc3ccccc3s2)cc1NC(=S)NC1CCCC1. The van der Waals surface area contributed by atoms with Crippen molar-refractivity contribution in [2.45, 2.75) is 55.0 Å². The maximum absolute atomic E-state index is 11.7. The Labute approximate surface area is 326 Å². The molecule has 1 aliphatic carbocycles. The first-order valence-corrected chi connectivity index (χ1v) is 19.5. The molecule has 0 radical (unpaired) electrons. The molecular weight excluding hydrogens is 752 g/mol. The summed E-state index contributed by atoms with van der Waals surface area (Å²) < 4.78 is 1.11. The number of thiocarbonyl (C=S) groups is 1. The van der Waals surface area contributed by atoms with Crippen LogP contribution in [-0.4, -0.2) is 32.1 Å². The van der Waals surface area contributed by atoms with Crippen molar-refractivity contribution in [2.24, 2.45) is 0 Å². The Bertz CT molecular complexity index is 2180. The van der Waals surface area contributed by atoms with Gasteiger partial charge in [0.2, 0.25) is 0 Å². The predicted molar refractivity (Wildman–Crippen MR) is 221 cm³/mol. The van der Waals surface area contributed by atoms with Gasteiger partial charge in [-0.25, -0.2) is 4.98 Å². The van der Waals surface area contributed by atoms with Crippen LogP contribution in [0.5, 0.6) is 11.5 Å². The van der Waals surface area contributed by atoms with Gasteiger partial charge in [0.25, 0.3) is 0 Å². The summed E-state index contributed by atoms with van der Waals surface area (Å²) in [5.41, 5.74) is 4.03. The summed E-state index contributed by atoms with van der Waals surface area (Å²) >= 11 is 21.0. The van der Waals surface area contributed by atoms with Crippen molar-refractivity contribution in [2.75, 3.05) is 10.6 Å². The van der Waals surface area contributed by atoms with Crippen molar-refractivity contribution in [3.05, 3.63) is 124 Å². The average Bonchev–Trinajstić information content (AvgIpc) is 3.82. The summed E-state index contributed by atoms with van der Waals surface area (Å²) in [5.74, 6) is -0.310. The second-order valence-electron chi connectivity index (χ2n) is 12.2. The second kappa shape index (κ2) is 17.5. The molecule has 0 unspecified atom stereocenters. The van der Waals surface area contributed by atoms with Gasteiger partial charge in [-0.2, -0.15) is 0 Å². The van der Waals surface area contributed by atoms with E-state index in [1.807, 2.05) is 66.7 Å². The third-order valence-electron chi connectivity index (χ3n) is 8.41. The quantitative estimate of drug-likeness (QED) is 0.0556. The van der Waals surface area contributed by atoms with E-state index in [-0.39, 0.29) is 27.9 Å². The van der Waals surface area contributed by atoms with E-state index in [2.05, 4.69) is 39.1 Å². The lowest BCUT2D eigenvalue weighted by Crippen LogP contribution is -2.35. The minimum absolute atomic E-state index is 0.00732. The van der Waals surface area contributed by atoms with E-state index >= 15 is 0 Å². The van der Waals surface area contributed by atoms with E-state index in [1.54, 1.807) is 35.2 Å². The minimum atomic E-state index is -0.229. The molecule has 0 atom stereocenters. The Morgan fingerprint density at radius 3 is 2.37 bits per heavy atom. The summed E-state index contributed by atoms with van der Waals surface area (Å²) in [6.45, 7) is 1.90. The van der Waals surface area contributed by atoms with Crippen LogP contribution in [0.4, 0.5) is 11.4 Å². The van der Waals surface area contributed by atoms with Crippen LogP contribution in [0.1, 0.15) is 48.5 Å². The van der Waals surface area contributed by atoms with Crippen molar-refractivity contribution < 1.29 is 15.0 Å². The van der Waals surface area contributed by atoms with Gasteiger partial charge >= 0.3 is 0 Å². The molecule has 266 valence electrons. The van der Waals surface area contributed by atoms with Crippen molar-refractivity contribution in [3.63, 3.8) is 0 Å². The molecule has 0 saturated heterocycles. The molecule has 1 heterocycles. The topological polar surface area (TPSA) is 107 Å². The second-order valence-corrected chi connectivity index (χ2v) is 15.6. The number of ketones is 1. The molecule has 7 nitrogen and oxygen atoms in total. The molecule has 52 heavy (non-hydrogen) atoms. The number of benzene rings is 5. The number of carbonyl (C=O) groups is 1. The molecule has 0 bridgehead atoms. The number of phenolic OH excluding ortho intramolecular Hbond substituents is 2. The molecule has 0 aliphatic heterocycles. The Balaban J connectivity index is 0.000000179. The van der Waals surface area contributed by atoms with Gasteiger partial charge in [-0.15, -0.1) is 11.3 Å². The molecule has 1 aromatic heterocycles.